The molecule has 3 heterocycles. The number of amides is 3. The molecule has 0 aliphatic carbocycles. The van der Waals surface area contributed by atoms with Crippen molar-refractivity contribution in [3.8, 4) is 0 Å². The van der Waals surface area contributed by atoms with Crippen molar-refractivity contribution >= 4 is 44.9 Å². The van der Waals surface area contributed by atoms with Crippen LogP contribution in [0.15, 0.2) is 58.6 Å². The number of nitrogens with one attached hydrogen (secondary N) is 1. The van der Waals surface area contributed by atoms with Gasteiger partial charge in [0.15, 0.2) is 0 Å². The quantitative estimate of drug-likeness (QED) is 0.575. The van der Waals surface area contributed by atoms with Crippen LogP contribution in [-0.4, -0.2) is 65.3 Å². The Bertz CT molecular complexity index is 1250. The van der Waals surface area contributed by atoms with Crippen molar-refractivity contribution in [2.75, 3.05) is 19.6 Å². The Kier molecular flexibility index (Phi) is 7.10. The highest BCUT2D eigenvalue weighted by Gasteiger charge is 2.40. The molecular weight excluding hydrogens is 483 g/mol. The molecule has 3 amide bonds. The summed E-state index contributed by atoms with van der Waals surface area (Å²) in [6.45, 7) is -0.00824. The molecule has 178 valence electrons. The molecule has 1 N–H and O–H groups in total. The normalized spacial score (nSPS) is 20.3. The third-order valence-corrected chi connectivity index (χ3v) is 8.27. The third kappa shape index (κ3) is 4.88. The topological polar surface area (TPSA) is 117 Å². The molecule has 1 aromatic carbocycles. The van der Waals surface area contributed by atoms with Gasteiger partial charge in [0.25, 0.3) is 11.1 Å². The van der Waals surface area contributed by atoms with Crippen molar-refractivity contribution in [2.45, 2.75) is 23.8 Å². The van der Waals surface area contributed by atoms with Gasteiger partial charge in [-0.2, -0.15) is 4.31 Å². The smallest absolute Gasteiger partial charge is 0.293 e. The van der Waals surface area contributed by atoms with Gasteiger partial charge < -0.3 is 5.32 Å². The second kappa shape index (κ2) is 10.0. The zero-order valence-electron chi connectivity index (χ0n) is 17.9. The van der Waals surface area contributed by atoms with Crippen LogP contribution < -0.4 is 5.32 Å². The second-order valence-electron chi connectivity index (χ2n) is 7.61. The first kappa shape index (κ1) is 24.0. The molecule has 1 aromatic heterocycles. The number of carbonyl (C=O) groups excluding carboxylic acids is 3. The van der Waals surface area contributed by atoms with E-state index in [0.717, 1.165) is 33.1 Å². The van der Waals surface area contributed by atoms with Crippen LogP contribution >= 0.6 is 11.8 Å². The van der Waals surface area contributed by atoms with Crippen LogP contribution in [-0.2, 0) is 19.6 Å². The lowest BCUT2D eigenvalue weighted by Gasteiger charge is -2.24. The minimum Gasteiger partial charge on any atom is -0.353 e. The van der Waals surface area contributed by atoms with E-state index in [4.69, 9.17) is 0 Å². The van der Waals surface area contributed by atoms with Gasteiger partial charge in [-0.05, 0) is 54.4 Å². The van der Waals surface area contributed by atoms with Crippen molar-refractivity contribution in [3.63, 3.8) is 0 Å². The molecule has 2 aliphatic rings. The molecule has 34 heavy (non-hydrogen) atoms. The maximum atomic E-state index is 14.1. The molecule has 0 radical (unpaired) electrons. The fraction of sp³-hybridized carbons (Fsp3) is 0.273. The number of hydrogen-bond donors (Lipinski definition) is 1. The van der Waals surface area contributed by atoms with Crippen molar-refractivity contribution in [1.29, 1.82) is 0 Å². The van der Waals surface area contributed by atoms with Crippen LogP contribution in [0.2, 0.25) is 0 Å². The van der Waals surface area contributed by atoms with Crippen LogP contribution in [0.1, 0.15) is 18.4 Å². The summed E-state index contributed by atoms with van der Waals surface area (Å²) in [5, 5.41) is 2.14. The van der Waals surface area contributed by atoms with Gasteiger partial charge in [-0.1, -0.05) is 18.2 Å². The molecule has 2 fully saturated rings. The number of rotatable bonds is 7. The third-order valence-electron chi connectivity index (χ3n) is 5.42. The lowest BCUT2D eigenvalue weighted by molar-refractivity contribution is -0.125. The Balaban J connectivity index is 1.37. The van der Waals surface area contributed by atoms with E-state index < -0.39 is 43.8 Å². The molecule has 12 heteroatoms. The first-order valence-corrected chi connectivity index (χ1v) is 12.7. The van der Waals surface area contributed by atoms with Crippen molar-refractivity contribution < 1.29 is 27.2 Å². The number of carbonyl (C=O) groups is 3. The minimum absolute atomic E-state index is 0.0405. The second-order valence-corrected chi connectivity index (χ2v) is 10.5. The van der Waals surface area contributed by atoms with E-state index in [1.807, 2.05) is 0 Å². The first-order chi connectivity index (χ1) is 16.3. The monoisotopic (exact) mass is 504 g/mol. The summed E-state index contributed by atoms with van der Waals surface area (Å²) >= 11 is 0.798. The molecule has 9 nitrogen and oxygen atoms in total. The van der Waals surface area contributed by atoms with Crippen LogP contribution in [0.5, 0.6) is 0 Å². The molecular formula is C22H21FN4O5S2. The summed E-state index contributed by atoms with van der Waals surface area (Å²) in [5.41, 5.74) is 0.679. The van der Waals surface area contributed by atoms with Gasteiger partial charge >= 0.3 is 0 Å². The molecule has 2 aliphatic heterocycles. The van der Waals surface area contributed by atoms with Gasteiger partial charge in [0.1, 0.15) is 16.8 Å². The average molecular weight is 505 g/mol. The number of pyridine rings is 1. The van der Waals surface area contributed by atoms with Crippen molar-refractivity contribution in [1.82, 2.24) is 19.5 Å². The standard InChI is InChI=1S/C22H21FN4O5S2/c23-16-6-1-2-8-19(16)34(31,32)27-11-4-7-17(27)20(28)25-10-12-26-21(29)18(33-22(26)30)13-15-5-3-9-24-14-15/h1-3,5-6,8-9,13-14,17H,4,7,10-12H2,(H,25,28). The average Bonchev–Trinajstić information content (AvgIpc) is 3.41. The molecule has 2 aromatic rings. The van der Waals surface area contributed by atoms with Gasteiger partial charge in [0.2, 0.25) is 15.9 Å². The molecule has 1 unspecified atom stereocenters. The SMILES string of the molecule is O=C(NCCN1C(=O)SC(=Cc2cccnc2)C1=O)C1CCCN1S(=O)(=O)c1ccccc1F. The molecule has 0 spiro atoms. The van der Waals surface area contributed by atoms with Gasteiger partial charge in [-0.15, -0.1) is 0 Å². The maximum absolute atomic E-state index is 14.1. The summed E-state index contributed by atoms with van der Waals surface area (Å²) in [7, 11) is -4.20. The van der Waals surface area contributed by atoms with E-state index in [1.54, 1.807) is 30.6 Å². The highest BCUT2D eigenvalue weighted by Crippen LogP contribution is 2.32. The van der Waals surface area contributed by atoms with Crippen LogP contribution in [0.3, 0.4) is 0 Å². The van der Waals surface area contributed by atoms with E-state index in [1.165, 1.54) is 12.1 Å². The number of hydrogen-bond acceptors (Lipinski definition) is 7. The van der Waals surface area contributed by atoms with Gasteiger partial charge in [0.05, 0.1) is 4.91 Å². The largest absolute Gasteiger partial charge is 0.353 e. The van der Waals surface area contributed by atoms with E-state index in [-0.39, 0.29) is 31.0 Å². The predicted octanol–water partition coefficient (Wildman–Crippen LogP) is 2.23. The van der Waals surface area contributed by atoms with Crippen LogP contribution in [0.25, 0.3) is 6.08 Å². The number of aromatic nitrogens is 1. The highest BCUT2D eigenvalue weighted by molar-refractivity contribution is 8.18. The lowest BCUT2D eigenvalue weighted by atomic mass is 10.2. The fourth-order valence-corrected chi connectivity index (χ4v) is 6.37. The summed E-state index contributed by atoms with van der Waals surface area (Å²) in [5.74, 6) is -1.92. The lowest BCUT2D eigenvalue weighted by Crippen LogP contribution is -2.47. The summed E-state index contributed by atoms with van der Waals surface area (Å²) in [6.07, 6.45) is 5.47. The molecule has 4 rings (SSSR count). The minimum atomic E-state index is -4.20. The van der Waals surface area contributed by atoms with Gasteiger partial charge in [-0.3, -0.25) is 24.3 Å². The van der Waals surface area contributed by atoms with Gasteiger partial charge in [-0.25, -0.2) is 12.8 Å². The van der Waals surface area contributed by atoms with Crippen molar-refractivity contribution in [2.24, 2.45) is 0 Å². The molecule has 0 bridgehead atoms. The summed E-state index contributed by atoms with van der Waals surface area (Å²) < 4.78 is 40.9. The maximum Gasteiger partial charge on any atom is 0.293 e. The van der Waals surface area contributed by atoms with E-state index in [2.05, 4.69) is 10.3 Å². The molecule has 0 saturated carbocycles. The zero-order chi connectivity index (χ0) is 24.3. The Morgan fingerprint density at radius 2 is 2.03 bits per heavy atom. The van der Waals surface area contributed by atoms with E-state index in [0.29, 0.717) is 12.0 Å². The summed E-state index contributed by atoms with van der Waals surface area (Å²) in [6, 6.07) is 7.49. The Morgan fingerprint density at radius 3 is 2.76 bits per heavy atom. The Morgan fingerprint density at radius 1 is 1.24 bits per heavy atom. The first-order valence-electron chi connectivity index (χ1n) is 10.5. The van der Waals surface area contributed by atoms with Crippen molar-refractivity contribution in [3.05, 3.63) is 65.1 Å². The molecule has 2 saturated heterocycles. The predicted molar refractivity (Wildman–Crippen MR) is 123 cm³/mol. The number of imide groups is 1. The number of halogens is 1. The van der Waals surface area contributed by atoms with Gasteiger partial charge in [0, 0.05) is 32.0 Å². The number of sulfonamides is 1. The molecule has 1 atom stereocenters. The van der Waals surface area contributed by atoms with Crippen LogP contribution in [0.4, 0.5) is 9.18 Å². The number of thioether (sulfide) groups is 1. The Labute approximate surface area is 200 Å². The number of nitrogens with zero attached hydrogens (tertiary/aromatic N) is 3. The van der Waals surface area contributed by atoms with E-state index >= 15 is 0 Å². The number of benzene rings is 1. The highest BCUT2D eigenvalue weighted by atomic mass is 32.2. The Hall–Kier alpha value is -3.09. The summed E-state index contributed by atoms with van der Waals surface area (Å²) in [4.78, 5) is 42.3. The van der Waals surface area contributed by atoms with Crippen LogP contribution in [0, 0.1) is 5.82 Å². The van der Waals surface area contributed by atoms with E-state index in [9.17, 15) is 27.2 Å². The fourth-order valence-electron chi connectivity index (χ4n) is 3.78. The zero-order valence-corrected chi connectivity index (χ0v) is 19.5.